The van der Waals surface area contributed by atoms with Crippen molar-refractivity contribution in [3.05, 3.63) is 24.3 Å². The lowest BCUT2D eigenvalue weighted by molar-refractivity contribution is 0.580. The smallest absolute Gasteiger partial charge is 0.113 e. The lowest BCUT2D eigenvalue weighted by atomic mass is 10.3. The van der Waals surface area contributed by atoms with Gasteiger partial charge >= 0.3 is 0 Å². The van der Waals surface area contributed by atoms with Gasteiger partial charge in [0, 0.05) is 6.54 Å². The van der Waals surface area contributed by atoms with E-state index in [2.05, 4.69) is 15.6 Å². The van der Waals surface area contributed by atoms with E-state index in [1.807, 2.05) is 36.0 Å². The van der Waals surface area contributed by atoms with Crippen molar-refractivity contribution >= 4 is 11.0 Å². The molecule has 0 bridgehead atoms. The first-order valence-electron chi connectivity index (χ1n) is 4.34. The number of benzene rings is 1. The van der Waals surface area contributed by atoms with E-state index in [0.29, 0.717) is 0 Å². The summed E-state index contributed by atoms with van der Waals surface area (Å²) in [5, 5.41) is 11.2. The molecule has 2 rings (SSSR count). The second-order valence-electron chi connectivity index (χ2n) is 2.90. The van der Waals surface area contributed by atoms with E-state index in [1.54, 1.807) is 0 Å². The Hall–Kier alpha value is -1.42. The van der Waals surface area contributed by atoms with Gasteiger partial charge in [0.05, 0.1) is 12.1 Å². The summed E-state index contributed by atoms with van der Waals surface area (Å²) >= 11 is 0. The summed E-state index contributed by atoms with van der Waals surface area (Å²) in [5.41, 5.74) is 2.05. The molecule has 2 aromatic rings. The number of likely N-dealkylation sites (N-methyl/N-ethyl adjacent to an activating group) is 1. The van der Waals surface area contributed by atoms with Crippen LogP contribution in [0, 0.1) is 0 Å². The summed E-state index contributed by atoms with van der Waals surface area (Å²) in [6.07, 6.45) is 0. The van der Waals surface area contributed by atoms with Crippen molar-refractivity contribution in [1.82, 2.24) is 20.3 Å². The fraction of sp³-hybridized carbons (Fsp3) is 0.333. The number of nitrogens with one attached hydrogen (secondary N) is 1. The largest absolute Gasteiger partial charge is 0.318 e. The number of fused-ring (bicyclic) bond motifs is 1. The van der Waals surface area contributed by atoms with Crippen LogP contribution < -0.4 is 5.32 Å². The molecule has 1 N–H and O–H groups in total. The van der Waals surface area contributed by atoms with E-state index in [4.69, 9.17) is 0 Å². The first-order chi connectivity index (χ1) is 6.42. The molecular weight excluding hydrogens is 164 g/mol. The van der Waals surface area contributed by atoms with Crippen LogP contribution in [0.1, 0.15) is 0 Å². The summed E-state index contributed by atoms with van der Waals surface area (Å²) in [4.78, 5) is 0. The third kappa shape index (κ3) is 1.53. The molecule has 0 aliphatic rings. The molecule has 0 radical (unpaired) electrons. The van der Waals surface area contributed by atoms with Gasteiger partial charge in [-0.15, -0.1) is 5.10 Å². The maximum Gasteiger partial charge on any atom is 0.113 e. The van der Waals surface area contributed by atoms with Crippen molar-refractivity contribution in [2.24, 2.45) is 0 Å². The average molecular weight is 176 g/mol. The Morgan fingerprint density at radius 3 is 3.08 bits per heavy atom. The number of para-hydroxylation sites is 1. The van der Waals surface area contributed by atoms with E-state index < -0.39 is 0 Å². The number of aromatic nitrogens is 3. The maximum atomic E-state index is 4.06. The summed E-state index contributed by atoms with van der Waals surface area (Å²) in [5.74, 6) is 0. The normalized spacial score (nSPS) is 10.8. The Labute approximate surface area is 76.6 Å². The third-order valence-electron chi connectivity index (χ3n) is 1.99. The van der Waals surface area contributed by atoms with Gasteiger partial charge in [-0.1, -0.05) is 17.3 Å². The summed E-state index contributed by atoms with van der Waals surface area (Å²) in [7, 11) is 1.93. The monoisotopic (exact) mass is 176 g/mol. The molecule has 13 heavy (non-hydrogen) atoms. The van der Waals surface area contributed by atoms with Crippen LogP contribution in [-0.2, 0) is 6.54 Å². The zero-order valence-electron chi connectivity index (χ0n) is 7.57. The Morgan fingerprint density at radius 1 is 1.38 bits per heavy atom. The number of hydrogen-bond donors (Lipinski definition) is 1. The SMILES string of the molecule is CNCCn1nnc2ccccc21. The Balaban J connectivity index is 2.35. The van der Waals surface area contributed by atoms with E-state index in [1.165, 1.54) is 0 Å². The minimum atomic E-state index is 0.858. The van der Waals surface area contributed by atoms with Crippen molar-refractivity contribution in [3.63, 3.8) is 0 Å². The fourth-order valence-electron chi connectivity index (χ4n) is 1.30. The van der Waals surface area contributed by atoms with Crippen LogP contribution >= 0.6 is 0 Å². The second-order valence-corrected chi connectivity index (χ2v) is 2.90. The van der Waals surface area contributed by atoms with E-state index in [-0.39, 0.29) is 0 Å². The quantitative estimate of drug-likeness (QED) is 0.746. The summed E-state index contributed by atoms with van der Waals surface area (Å²) < 4.78 is 1.91. The standard InChI is InChI=1S/C9H12N4/c1-10-6-7-13-9-5-3-2-4-8(9)11-12-13/h2-5,10H,6-7H2,1H3. The molecule has 1 aromatic heterocycles. The number of hydrogen-bond acceptors (Lipinski definition) is 3. The van der Waals surface area contributed by atoms with E-state index >= 15 is 0 Å². The minimum Gasteiger partial charge on any atom is -0.318 e. The molecule has 1 heterocycles. The average Bonchev–Trinajstić information content (AvgIpc) is 2.58. The topological polar surface area (TPSA) is 42.7 Å². The van der Waals surface area contributed by atoms with Crippen molar-refractivity contribution < 1.29 is 0 Å². The highest BCUT2D eigenvalue weighted by Crippen LogP contribution is 2.08. The first kappa shape index (κ1) is 8.19. The Kier molecular flexibility index (Phi) is 2.23. The summed E-state index contributed by atoms with van der Waals surface area (Å²) in [6, 6.07) is 7.98. The van der Waals surface area contributed by atoms with Gasteiger partial charge in [0.1, 0.15) is 5.52 Å². The molecule has 0 unspecified atom stereocenters. The number of nitrogens with zero attached hydrogens (tertiary/aromatic N) is 3. The van der Waals surface area contributed by atoms with Gasteiger partial charge in [-0.25, -0.2) is 4.68 Å². The highest BCUT2D eigenvalue weighted by Gasteiger charge is 2.00. The first-order valence-corrected chi connectivity index (χ1v) is 4.34. The molecule has 0 amide bonds. The predicted octanol–water partition coefficient (Wildman–Crippen LogP) is 0.651. The van der Waals surface area contributed by atoms with Crippen LogP contribution in [0.3, 0.4) is 0 Å². The molecule has 0 atom stereocenters. The van der Waals surface area contributed by atoms with Crippen LogP contribution in [0.4, 0.5) is 0 Å². The predicted molar refractivity (Wildman–Crippen MR) is 51.5 cm³/mol. The highest BCUT2D eigenvalue weighted by molar-refractivity contribution is 5.73. The van der Waals surface area contributed by atoms with Crippen LogP contribution in [0.15, 0.2) is 24.3 Å². The van der Waals surface area contributed by atoms with Gasteiger partial charge in [0.2, 0.25) is 0 Å². The van der Waals surface area contributed by atoms with Gasteiger partial charge in [-0.2, -0.15) is 0 Å². The zero-order chi connectivity index (χ0) is 9.10. The van der Waals surface area contributed by atoms with Crippen molar-refractivity contribution in [3.8, 4) is 0 Å². The maximum absolute atomic E-state index is 4.06. The molecule has 0 saturated carbocycles. The lowest BCUT2D eigenvalue weighted by Gasteiger charge is -1.99. The second kappa shape index (κ2) is 3.53. The molecule has 1 aromatic carbocycles. The van der Waals surface area contributed by atoms with Gasteiger partial charge in [-0.3, -0.25) is 0 Å². The molecule has 0 aliphatic carbocycles. The molecular formula is C9H12N4. The Bertz CT molecular complexity index is 393. The molecule has 0 spiro atoms. The van der Waals surface area contributed by atoms with Gasteiger partial charge < -0.3 is 5.32 Å². The zero-order valence-corrected chi connectivity index (χ0v) is 7.57. The number of rotatable bonds is 3. The fourth-order valence-corrected chi connectivity index (χ4v) is 1.30. The van der Waals surface area contributed by atoms with Crippen molar-refractivity contribution in [1.29, 1.82) is 0 Å². The van der Waals surface area contributed by atoms with Gasteiger partial charge in [0.25, 0.3) is 0 Å². The molecule has 68 valence electrons. The van der Waals surface area contributed by atoms with E-state index in [0.717, 1.165) is 24.1 Å². The van der Waals surface area contributed by atoms with Crippen LogP contribution in [-0.4, -0.2) is 28.6 Å². The van der Waals surface area contributed by atoms with Crippen molar-refractivity contribution in [2.75, 3.05) is 13.6 Å². The molecule has 4 heteroatoms. The molecule has 0 aliphatic heterocycles. The molecule has 0 fully saturated rings. The van der Waals surface area contributed by atoms with Crippen LogP contribution in [0.25, 0.3) is 11.0 Å². The van der Waals surface area contributed by atoms with E-state index in [9.17, 15) is 0 Å². The summed E-state index contributed by atoms with van der Waals surface area (Å²) in [6.45, 7) is 1.77. The Morgan fingerprint density at radius 2 is 2.23 bits per heavy atom. The highest BCUT2D eigenvalue weighted by atomic mass is 15.4. The van der Waals surface area contributed by atoms with Crippen LogP contribution in [0.2, 0.25) is 0 Å². The molecule has 0 saturated heterocycles. The van der Waals surface area contributed by atoms with Gasteiger partial charge in [0.15, 0.2) is 0 Å². The lowest BCUT2D eigenvalue weighted by Crippen LogP contribution is -2.15. The minimum absolute atomic E-state index is 0.858. The molecule has 4 nitrogen and oxygen atoms in total. The van der Waals surface area contributed by atoms with Gasteiger partial charge in [-0.05, 0) is 19.2 Å². The third-order valence-corrected chi connectivity index (χ3v) is 1.99. The van der Waals surface area contributed by atoms with Crippen LogP contribution in [0.5, 0.6) is 0 Å². The van der Waals surface area contributed by atoms with Crippen molar-refractivity contribution in [2.45, 2.75) is 6.54 Å².